The third kappa shape index (κ3) is 2.77. The van der Waals surface area contributed by atoms with Crippen LogP contribution in [0.2, 0.25) is 0 Å². The van der Waals surface area contributed by atoms with Gasteiger partial charge in [-0.2, -0.15) is 0 Å². The van der Waals surface area contributed by atoms with Crippen LogP contribution in [0.25, 0.3) is 0 Å². The van der Waals surface area contributed by atoms with E-state index in [2.05, 4.69) is 21.8 Å². The lowest BCUT2D eigenvalue weighted by atomic mass is 10.1. The fourth-order valence-electron chi connectivity index (χ4n) is 3.36. The van der Waals surface area contributed by atoms with E-state index in [0.29, 0.717) is 22.7 Å². The molecular weight excluding hydrogens is 290 g/mol. The van der Waals surface area contributed by atoms with E-state index in [1.54, 1.807) is 7.11 Å². The zero-order valence-electron chi connectivity index (χ0n) is 12.4. The first-order chi connectivity index (χ1) is 10.1. The highest BCUT2D eigenvalue weighted by Crippen LogP contribution is 2.33. The number of likely N-dealkylation sites (N-methyl/N-ethyl adjacent to an activating group) is 1. The van der Waals surface area contributed by atoms with Crippen LogP contribution in [0.15, 0.2) is 0 Å². The molecule has 21 heavy (non-hydrogen) atoms. The molecule has 116 valence electrons. The van der Waals surface area contributed by atoms with Gasteiger partial charge in [0.2, 0.25) is 0 Å². The summed E-state index contributed by atoms with van der Waals surface area (Å²) in [6.45, 7) is 2.13. The van der Waals surface area contributed by atoms with E-state index >= 15 is 0 Å². The van der Waals surface area contributed by atoms with Crippen LogP contribution in [0.4, 0.5) is 5.13 Å². The highest BCUT2D eigenvalue weighted by atomic mass is 32.1. The molecule has 2 aliphatic heterocycles. The fourth-order valence-corrected chi connectivity index (χ4v) is 4.30. The highest BCUT2D eigenvalue weighted by molar-refractivity contribution is 7.17. The summed E-state index contributed by atoms with van der Waals surface area (Å²) in [5, 5.41) is 10.1. The third-order valence-electron chi connectivity index (χ3n) is 4.58. The van der Waals surface area contributed by atoms with Crippen molar-refractivity contribution < 1.29 is 14.6 Å². The average Bonchev–Trinajstić information content (AvgIpc) is 2.93. The zero-order valence-corrected chi connectivity index (χ0v) is 13.2. The molecule has 2 fully saturated rings. The van der Waals surface area contributed by atoms with Gasteiger partial charge in [0.25, 0.3) is 0 Å². The van der Waals surface area contributed by atoms with Gasteiger partial charge >= 0.3 is 5.97 Å². The third-order valence-corrected chi connectivity index (χ3v) is 5.73. The van der Waals surface area contributed by atoms with E-state index < -0.39 is 5.97 Å². The van der Waals surface area contributed by atoms with Crippen molar-refractivity contribution in [2.45, 2.75) is 38.0 Å². The maximum atomic E-state index is 11.3. The number of hydrogen-bond acceptors (Lipinski definition) is 6. The molecule has 1 N–H and O–H groups in total. The van der Waals surface area contributed by atoms with Gasteiger partial charge < -0.3 is 14.7 Å². The molecular formula is C14H21N3O3S. The summed E-state index contributed by atoms with van der Waals surface area (Å²) in [6.07, 6.45) is 3.62. The number of rotatable bonds is 4. The number of methoxy groups -OCH3 is 1. The van der Waals surface area contributed by atoms with Gasteiger partial charge in [0.15, 0.2) is 5.13 Å². The summed E-state index contributed by atoms with van der Waals surface area (Å²) < 4.78 is 5.06. The Hall–Kier alpha value is -1.18. The molecule has 2 unspecified atom stereocenters. The van der Waals surface area contributed by atoms with Crippen molar-refractivity contribution in [2.75, 3.05) is 32.1 Å². The number of fused-ring (bicyclic) bond motifs is 2. The SMILES string of the molecule is COCc1nc(N2CCC3CCC(C2)N3C)sc1C(=O)O. The zero-order chi connectivity index (χ0) is 15.0. The molecule has 2 atom stereocenters. The molecule has 2 aliphatic rings. The smallest absolute Gasteiger partial charge is 0.347 e. The molecule has 3 heterocycles. The van der Waals surface area contributed by atoms with Crippen molar-refractivity contribution in [3.63, 3.8) is 0 Å². The van der Waals surface area contributed by atoms with Crippen molar-refractivity contribution in [3.8, 4) is 0 Å². The maximum absolute atomic E-state index is 11.3. The van der Waals surface area contributed by atoms with Gasteiger partial charge in [-0.1, -0.05) is 11.3 Å². The van der Waals surface area contributed by atoms with Crippen molar-refractivity contribution >= 4 is 22.4 Å². The molecule has 0 radical (unpaired) electrons. The monoisotopic (exact) mass is 311 g/mol. The predicted octanol–water partition coefficient (Wildman–Crippen LogP) is 1.66. The summed E-state index contributed by atoms with van der Waals surface area (Å²) in [7, 11) is 3.76. The van der Waals surface area contributed by atoms with E-state index in [1.807, 2.05) is 0 Å². The minimum atomic E-state index is -0.917. The Morgan fingerprint density at radius 1 is 1.43 bits per heavy atom. The van der Waals surface area contributed by atoms with Crippen LogP contribution in [0.5, 0.6) is 0 Å². The normalized spacial score (nSPS) is 26.1. The van der Waals surface area contributed by atoms with Gasteiger partial charge in [-0.25, -0.2) is 9.78 Å². The fraction of sp³-hybridized carbons (Fsp3) is 0.714. The topological polar surface area (TPSA) is 65.9 Å². The summed E-state index contributed by atoms with van der Waals surface area (Å²) in [5.74, 6) is -0.917. The average molecular weight is 311 g/mol. The van der Waals surface area contributed by atoms with Gasteiger partial charge in [0.1, 0.15) is 4.88 Å². The van der Waals surface area contributed by atoms with E-state index in [9.17, 15) is 9.90 Å². The number of aromatic nitrogens is 1. The van der Waals surface area contributed by atoms with Crippen molar-refractivity contribution in [1.82, 2.24) is 9.88 Å². The molecule has 1 aromatic heterocycles. The number of ether oxygens (including phenoxy) is 1. The molecule has 1 aromatic rings. The number of carboxylic acid groups (broad SMARTS) is 1. The Bertz CT molecular complexity index is 534. The summed E-state index contributed by atoms with van der Waals surface area (Å²) >= 11 is 1.27. The minimum Gasteiger partial charge on any atom is -0.477 e. The Balaban J connectivity index is 1.83. The number of thiazole rings is 1. The number of nitrogens with zero attached hydrogens (tertiary/aromatic N) is 3. The number of carbonyl (C=O) groups is 1. The quantitative estimate of drug-likeness (QED) is 0.912. The van der Waals surface area contributed by atoms with E-state index in [-0.39, 0.29) is 6.61 Å². The second-order valence-corrected chi connectivity index (χ2v) is 6.77. The second-order valence-electron chi connectivity index (χ2n) is 5.80. The molecule has 3 rings (SSSR count). The molecule has 6 nitrogen and oxygen atoms in total. The number of carboxylic acids is 1. The molecule has 0 saturated carbocycles. The van der Waals surface area contributed by atoms with Crippen LogP contribution in [0.1, 0.15) is 34.6 Å². The van der Waals surface area contributed by atoms with Gasteiger partial charge in [-0.3, -0.25) is 4.90 Å². The number of aromatic carboxylic acids is 1. The van der Waals surface area contributed by atoms with Crippen molar-refractivity contribution in [3.05, 3.63) is 10.6 Å². The minimum absolute atomic E-state index is 0.248. The lowest BCUT2D eigenvalue weighted by Gasteiger charge is -2.25. The molecule has 2 saturated heterocycles. The largest absolute Gasteiger partial charge is 0.477 e. The van der Waals surface area contributed by atoms with Crippen LogP contribution in [0.3, 0.4) is 0 Å². The first kappa shape index (κ1) is 14.7. The standard InChI is InChI=1S/C14H21N3O3S/c1-16-9-3-4-10(16)7-17(6-5-9)14-15-11(8-20-2)12(21-14)13(18)19/h9-10H,3-8H2,1-2H3,(H,18,19). The Labute approximate surface area is 128 Å². The molecule has 0 spiro atoms. The first-order valence-electron chi connectivity index (χ1n) is 7.29. The van der Waals surface area contributed by atoms with E-state index in [0.717, 1.165) is 24.6 Å². The Morgan fingerprint density at radius 2 is 2.19 bits per heavy atom. The number of anilines is 1. The Kier molecular flexibility index (Phi) is 4.14. The van der Waals surface area contributed by atoms with Crippen LogP contribution < -0.4 is 4.90 Å². The molecule has 0 amide bonds. The van der Waals surface area contributed by atoms with E-state index in [4.69, 9.17) is 4.74 Å². The van der Waals surface area contributed by atoms with Gasteiger partial charge in [-0.05, 0) is 26.3 Å². The van der Waals surface area contributed by atoms with Gasteiger partial charge in [0, 0.05) is 32.3 Å². The molecule has 0 aromatic carbocycles. The summed E-state index contributed by atoms with van der Waals surface area (Å²) in [6, 6.07) is 1.22. The van der Waals surface area contributed by atoms with Crippen LogP contribution in [-0.2, 0) is 11.3 Å². The first-order valence-corrected chi connectivity index (χ1v) is 8.10. The predicted molar refractivity (Wildman–Crippen MR) is 81.2 cm³/mol. The molecule has 2 bridgehead atoms. The van der Waals surface area contributed by atoms with Crippen LogP contribution in [-0.4, -0.2) is 60.3 Å². The van der Waals surface area contributed by atoms with Crippen LogP contribution >= 0.6 is 11.3 Å². The molecule has 0 aliphatic carbocycles. The second kappa shape index (κ2) is 5.90. The Morgan fingerprint density at radius 3 is 2.90 bits per heavy atom. The van der Waals surface area contributed by atoms with E-state index in [1.165, 1.54) is 24.2 Å². The van der Waals surface area contributed by atoms with Gasteiger partial charge in [-0.15, -0.1) is 0 Å². The maximum Gasteiger partial charge on any atom is 0.347 e. The van der Waals surface area contributed by atoms with Gasteiger partial charge in [0.05, 0.1) is 12.3 Å². The van der Waals surface area contributed by atoms with Crippen LogP contribution in [0, 0.1) is 0 Å². The lowest BCUT2D eigenvalue weighted by molar-refractivity contribution is 0.0697. The lowest BCUT2D eigenvalue weighted by Crippen LogP contribution is -2.36. The summed E-state index contributed by atoms with van der Waals surface area (Å²) in [5.41, 5.74) is 0.535. The highest BCUT2D eigenvalue weighted by Gasteiger charge is 2.35. The molecule has 7 heteroatoms. The number of hydrogen-bond donors (Lipinski definition) is 1. The van der Waals surface area contributed by atoms with Crippen molar-refractivity contribution in [2.24, 2.45) is 0 Å². The van der Waals surface area contributed by atoms with Crippen molar-refractivity contribution in [1.29, 1.82) is 0 Å². The summed E-state index contributed by atoms with van der Waals surface area (Å²) in [4.78, 5) is 20.9.